The lowest BCUT2D eigenvalue weighted by atomic mass is 10.2. The highest BCUT2D eigenvalue weighted by Crippen LogP contribution is 2.12. The third-order valence-corrected chi connectivity index (χ3v) is 9.57. The van der Waals surface area contributed by atoms with Gasteiger partial charge in [0.15, 0.2) is 0 Å². The summed E-state index contributed by atoms with van der Waals surface area (Å²) in [6.07, 6.45) is 9.10. The molecule has 0 bridgehead atoms. The largest absolute Gasteiger partial charge is 0.261 e. The Balaban J connectivity index is 0.000000309. The van der Waals surface area contributed by atoms with Crippen LogP contribution in [0.15, 0.2) is 102 Å². The molecular weight excluding hydrogens is 707 g/mol. The molecule has 6 aromatic heterocycles. The van der Waals surface area contributed by atoms with Crippen molar-refractivity contribution >= 4 is 34.0 Å². The summed E-state index contributed by atoms with van der Waals surface area (Å²) >= 11 is 5.45. The maximum atomic E-state index is 4.08. The molecule has 0 saturated carbocycles. The molecule has 1 aromatic carbocycles. The molecule has 7 aromatic rings. The van der Waals surface area contributed by atoms with Gasteiger partial charge in [0.25, 0.3) is 0 Å². The lowest BCUT2D eigenvalue weighted by molar-refractivity contribution is 1.03. The van der Waals surface area contributed by atoms with Crippen molar-refractivity contribution in [1.82, 2.24) is 24.9 Å². The monoisotopic (exact) mass is 765 g/mol. The number of hydrogen-bond acceptors (Lipinski definition) is 8. The lowest BCUT2D eigenvalue weighted by Gasteiger charge is -1.90. The van der Waals surface area contributed by atoms with Gasteiger partial charge < -0.3 is 0 Å². The van der Waals surface area contributed by atoms with Crippen molar-refractivity contribution in [2.45, 2.75) is 96.9 Å². The molecule has 0 spiro atoms. The average Bonchev–Trinajstić information content (AvgIpc) is 3.83. The summed E-state index contributed by atoms with van der Waals surface area (Å²) in [5, 5.41) is 4.32. The number of rotatable bonds is 0. The zero-order valence-corrected chi connectivity index (χ0v) is 36.7. The molecule has 0 unspecified atom stereocenters. The van der Waals surface area contributed by atoms with Gasteiger partial charge in [-0.15, -0.1) is 34.0 Å². The Hall–Kier alpha value is -4.37. The summed E-state index contributed by atoms with van der Waals surface area (Å²) in [6.45, 7) is 28.6. The van der Waals surface area contributed by atoms with Crippen molar-refractivity contribution < 1.29 is 0 Å². The van der Waals surface area contributed by atoms with Crippen LogP contribution in [0.1, 0.15) is 75.8 Å². The Bertz CT molecular complexity index is 1540. The van der Waals surface area contributed by atoms with E-state index in [4.69, 9.17) is 0 Å². The Labute approximate surface area is 332 Å². The van der Waals surface area contributed by atoms with E-state index in [0.717, 1.165) is 28.5 Å². The number of thiophene rings is 3. The van der Waals surface area contributed by atoms with Gasteiger partial charge in [0.05, 0.1) is 0 Å². The third-order valence-electron chi connectivity index (χ3n) is 6.70. The summed E-state index contributed by atoms with van der Waals surface area (Å²) in [5.41, 5.74) is 9.92. The van der Waals surface area contributed by atoms with Crippen molar-refractivity contribution in [3.63, 3.8) is 0 Å². The summed E-state index contributed by atoms with van der Waals surface area (Å²) in [5.74, 6) is 1.66. The maximum absolute atomic E-state index is 4.08. The number of aromatic nitrogens is 5. The normalized spacial score (nSPS) is 9.32. The highest BCUT2D eigenvalue weighted by molar-refractivity contribution is 7.11. The summed E-state index contributed by atoms with van der Waals surface area (Å²) in [4.78, 5) is 25.6. The molecule has 8 heteroatoms. The molecule has 0 aliphatic rings. The van der Waals surface area contributed by atoms with Gasteiger partial charge in [-0.05, 0) is 166 Å². The van der Waals surface area contributed by atoms with E-state index in [2.05, 4.69) is 146 Å². The quantitative estimate of drug-likeness (QED) is 0.154. The van der Waals surface area contributed by atoms with Gasteiger partial charge in [-0.1, -0.05) is 41.5 Å². The van der Waals surface area contributed by atoms with Gasteiger partial charge in [-0.3, -0.25) is 4.98 Å². The summed E-state index contributed by atoms with van der Waals surface area (Å²) in [6, 6.07) is 21.2. The molecule has 0 radical (unpaired) electrons. The topological polar surface area (TPSA) is 64.5 Å². The van der Waals surface area contributed by atoms with E-state index < -0.39 is 0 Å². The first-order valence-electron chi connectivity index (χ1n) is 17.5. The zero-order valence-electron chi connectivity index (χ0n) is 34.3. The fourth-order valence-electron chi connectivity index (χ4n) is 3.80. The Morgan fingerprint density at radius 2 is 0.660 bits per heavy atom. The minimum Gasteiger partial charge on any atom is -0.261 e. The first kappa shape index (κ1) is 46.7. The minimum absolute atomic E-state index is 0.829. The Morgan fingerprint density at radius 1 is 0.321 bits per heavy atom. The first-order valence-corrected chi connectivity index (χ1v) is 20.1. The summed E-state index contributed by atoms with van der Waals surface area (Å²) in [7, 11) is 0. The fourth-order valence-corrected chi connectivity index (χ4v) is 5.97. The molecule has 0 fully saturated rings. The Morgan fingerprint density at radius 3 is 0.849 bits per heavy atom. The van der Waals surface area contributed by atoms with E-state index in [1.54, 1.807) is 22.7 Å². The van der Waals surface area contributed by atoms with E-state index in [1.165, 1.54) is 47.3 Å². The van der Waals surface area contributed by atoms with E-state index >= 15 is 0 Å². The maximum Gasteiger partial charge on any atom is 0.125 e. The van der Waals surface area contributed by atoms with Crippen LogP contribution in [0.2, 0.25) is 0 Å². The third kappa shape index (κ3) is 25.3. The molecule has 0 saturated heterocycles. The molecular formula is C45H59N5S3. The van der Waals surface area contributed by atoms with Gasteiger partial charge in [-0.2, -0.15) is 0 Å². The molecule has 0 N–H and O–H groups in total. The molecule has 7 rings (SSSR count). The second kappa shape index (κ2) is 26.4. The molecule has 0 atom stereocenters. The molecule has 0 aliphatic carbocycles. The molecule has 0 aliphatic heterocycles. The second-order valence-electron chi connectivity index (χ2n) is 12.9. The van der Waals surface area contributed by atoms with Gasteiger partial charge >= 0.3 is 0 Å². The smallest absolute Gasteiger partial charge is 0.125 e. The van der Waals surface area contributed by atoms with Crippen LogP contribution in [0, 0.1) is 96.9 Å². The number of aryl methyl sites for hydroxylation is 14. The fraction of sp³-hybridized carbons (Fsp3) is 0.311. The van der Waals surface area contributed by atoms with Gasteiger partial charge in [-0.25, -0.2) is 19.9 Å². The number of pyridine rings is 1. The summed E-state index contributed by atoms with van der Waals surface area (Å²) < 4.78 is 0. The molecule has 0 amide bonds. The van der Waals surface area contributed by atoms with Crippen LogP contribution < -0.4 is 0 Å². The standard InChI is InChI=1S/C8H10.C7H9N.2C6H8N2.3C6H8S/c1-7-3-5-8(2)6-4-7;1-6-3-4-7(2)8-5-6;2*1-5-3-7-6(2)8-4-5;2*1-5-3-6(2)7-4-5;1-5-3-4-6(2)7-5/h3-6H,1-2H3;3-5H,1-2H3;2*3-4H,1-2H3;3*3-4H,1-2H3. The number of nitrogens with zero attached hydrogens (tertiary/aromatic N) is 5. The number of hydrogen-bond donors (Lipinski definition) is 0. The van der Waals surface area contributed by atoms with Crippen LogP contribution in [0.3, 0.4) is 0 Å². The number of benzene rings is 1. The van der Waals surface area contributed by atoms with Crippen molar-refractivity contribution in [2.75, 3.05) is 0 Å². The van der Waals surface area contributed by atoms with Crippen LogP contribution in [0.4, 0.5) is 0 Å². The van der Waals surface area contributed by atoms with E-state index in [9.17, 15) is 0 Å². The molecule has 282 valence electrons. The first-order chi connectivity index (χ1) is 25.0. The highest BCUT2D eigenvalue weighted by Gasteiger charge is 1.87. The van der Waals surface area contributed by atoms with Crippen LogP contribution in [-0.2, 0) is 0 Å². The average molecular weight is 766 g/mol. The van der Waals surface area contributed by atoms with Gasteiger partial charge in [0.2, 0.25) is 0 Å². The van der Waals surface area contributed by atoms with Crippen molar-refractivity contribution in [1.29, 1.82) is 0 Å². The van der Waals surface area contributed by atoms with Crippen LogP contribution >= 0.6 is 34.0 Å². The van der Waals surface area contributed by atoms with Crippen LogP contribution in [-0.4, -0.2) is 24.9 Å². The predicted molar refractivity (Wildman–Crippen MR) is 234 cm³/mol. The molecule has 53 heavy (non-hydrogen) atoms. The van der Waals surface area contributed by atoms with E-state index in [1.807, 2.05) is 89.9 Å². The van der Waals surface area contributed by atoms with Crippen molar-refractivity contribution in [3.8, 4) is 0 Å². The predicted octanol–water partition coefficient (Wildman–Crippen LogP) is 13.3. The molecule has 6 heterocycles. The SMILES string of the molecule is Cc1ccc(C)cc1.Cc1ccc(C)nc1.Cc1ccc(C)s1.Cc1cnc(C)nc1.Cc1cnc(C)nc1.Cc1csc(C)c1.Cc1csc(C)c1. The van der Waals surface area contributed by atoms with Crippen molar-refractivity contribution in [3.05, 3.63) is 178 Å². The van der Waals surface area contributed by atoms with E-state index in [0.29, 0.717) is 0 Å². The second-order valence-corrected chi connectivity index (χ2v) is 16.6. The molecule has 5 nitrogen and oxygen atoms in total. The Kier molecular flexibility index (Phi) is 23.2. The van der Waals surface area contributed by atoms with Crippen LogP contribution in [0.25, 0.3) is 0 Å². The van der Waals surface area contributed by atoms with Crippen molar-refractivity contribution in [2.24, 2.45) is 0 Å². The lowest BCUT2D eigenvalue weighted by Crippen LogP contribution is -1.84. The highest BCUT2D eigenvalue weighted by atomic mass is 32.1. The van der Waals surface area contributed by atoms with E-state index in [-0.39, 0.29) is 0 Å². The minimum atomic E-state index is 0.829. The zero-order chi connectivity index (χ0) is 39.8. The van der Waals surface area contributed by atoms with Gasteiger partial charge in [0.1, 0.15) is 11.6 Å². The van der Waals surface area contributed by atoms with Crippen LogP contribution in [0.5, 0.6) is 0 Å². The van der Waals surface area contributed by atoms with Gasteiger partial charge in [0, 0.05) is 56.2 Å².